The van der Waals surface area contributed by atoms with E-state index < -0.39 is 12.1 Å². The summed E-state index contributed by atoms with van der Waals surface area (Å²) in [5, 5.41) is 7.14. The number of aromatic nitrogens is 5. The molecular weight excluding hydrogens is 803 g/mol. The first kappa shape index (κ1) is 42.4. The van der Waals surface area contributed by atoms with E-state index >= 15 is 0 Å². The number of H-pyrrole nitrogens is 2. The lowest BCUT2D eigenvalue weighted by Crippen LogP contribution is -2.53. The Balaban J connectivity index is 0.870. The van der Waals surface area contributed by atoms with E-state index in [-0.39, 0.29) is 41.8 Å². The highest BCUT2D eigenvalue weighted by atomic mass is 16.5. The Morgan fingerprint density at radius 1 is 0.778 bits per heavy atom. The SMILES string of the molecule is COCN[C@H](C(=O)N1CCC[C@H]1c1ncc(-c2ccc3nc(C#Cc4ccc5nc([C@@H]6CCCN6C(=O)[C@@H](NC(=O)OC)C6CCOCC6)[nH]c5c4)ccc3c2)[nH]1)C1CCOCC1. The van der Waals surface area contributed by atoms with Crippen molar-refractivity contribution >= 4 is 39.8 Å². The first-order valence-corrected chi connectivity index (χ1v) is 22.2. The second kappa shape index (κ2) is 19.3. The van der Waals surface area contributed by atoms with Gasteiger partial charge in [-0.05, 0) is 112 Å². The van der Waals surface area contributed by atoms with E-state index in [0.717, 1.165) is 83.1 Å². The molecule has 4 aliphatic heterocycles. The van der Waals surface area contributed by atoms with Gasteiger partial charge in [-0.2, -0.15) is 0 Å². The third kappa shape index (κ3) is 9.28. The molecule has 4 aliphatic rings. The van der Waals surface area contributed by atoms with Gasteiger partial charge in [-0.25, -0.2) is 19.7 Å². The van der Waals surface area contributed by atoms with Crippen LogP contribution in [-0.2, 0) is 28.5 Å². The average Bonchev–Trinajstić information content (AvgIpc) is 4.17. The topological polar surface area (TPSA) is 189 Å². The number of rotatable bonds is 11. The monoisotopic (exact) mass is 857 g/mol. The van der Waals surface area contributed by atoms with Crippen molar-refractivity contribution in [2.75, 3.05) is 60.5 Å². The van der Waals surface area contributed by atoms with Crippen molar-refractivity contribution in [2.45, 2.75) is 75.5 Å². The van der Waals surface area contributed by atoms with Crippen LogP contribution in [0.3, 0.4) is 0 Å². The number of nitrogens with zero attached hydrogens (tertiary/aromatic N) is 5. The molecule has 16 nitrogen and oxygen atoms in total. The number of hydrogen-bond donors (Lipinski definition) is 4. The summed E-state index contributed by atoms with van der Waals surface area (Å²) in [4.78, 5) is 65.6. The molecule has 0 unspecified atom stereocenters. The first-order valence-electron chi connectivity index (χ1n) is 22.2. The number of pyridine rings is 1. The van der Waals surface area contributed by atoms with Crippen LogP contribution >= 0.6 is 0 Å². The normalized spacial score (nSPS) is 20.7. The van der Waals surface area contributed by atoms with Gasteiger partial charge in [0, 0.05) is 63.1 Å². The van der Waals surface area contributed by atoms with E-state index in [0.29, 0.717) is 70.6 Å². The Morgan fingerprint density at radius 3 is 2.17 bits per heavy atom. The molecule has 5 aromatic rings. The second-order valence-corrected chi connectivity index (χ2v) is 16.9. The fourth-order valence-corrected chi connectivity index (χ4v) is 9.70. The van der Waals surface area contributed by atoms with Crippen LogP contribution in [0.2, 0.25) is 0 Å². The second-order valence-electron chi connectivity index (χ2n) is 16.9. The summed E-state index contributed by atoms with van der Waals surface area (Å²) >= 11 is 0. The molecule has 16 heteroatoms. The van der Waals surface area contributed by atoms with Gasteiger partial charge >= 0.3 is 6.09 Å². The predicted octanol–water partition coefficient (Wildman–Crippen LogP) is 5.37. The summed E-state index contributed by atoms with van der Waals surface area (Å²) in [6.07, 6.45) is 7.67. The molecule has 3 amide bonds. The van der Waals surface area contributed by atoms with Crippen molar-refractivity contribution in [1.82, 2.24) is 45.4 Å². The molecule has 0 bridgehead atoms. The molecular formula is C47H55N9O7. The molecule has 0 aliphatic carbocycles. The van der Waals surface area contributed by atoms with Crippen molar-refractivity contribution in [2.24, 2.45) is 11.8 Å². The number of imidazole rings is 2. The number of nitrogens with one attached hydrogen (secondary N) is 4. The summed E-state index contributed by atoms with van der Waals surface area (Å²) in [6.45, 7) is 4.04. The summed E-state index contributed by atoms with van der Waals surface area (Å²) in [6, 6.07) is 14.5. The molecule has 330 valence electrons. The van der Waals surface area contributed by atoms with Crippen molar-refractivity contribution in [3.8, 4) is 23.1 Å². The number of fused-ring (bicyclic) bond motifs is 2. The zero-order valence-corrected chi connectivity index (χ0v) is 35.9. The standard InChI is InChI=1S/C47H55N9O7/c1-60-28-49-41(30-15-21-62-22-16-30)45(57)55-19-3-5-39(55)43-48-27-38(53-43)33-10-14-35-32(26-33)9-12-34(50-35)11-7-29-8-13-36-37(25-29)52-44(51-36)40-6-4-20-56(40)46(58)42(54-47(59)61-2)31-17-23-63-24-18-31/h8-10,12-14,25-27,30-31,39-42,49H,3-6,15-24,28H2,1-2H3,(H,48,53)(H,51,52)(H,54,59)/t39-,40-,41-,42-/m0/s1. The van der Waals surface area contributed by atoms with Crippen LogP contribution in [0, 0.1) is 23.7 Å². The van der Waals surface area contributed by atoms with Gasteiger partial charge in [0.15, 0.2) is 0 Å². The molecule has 63 heavy (non-hydrogen) atoms. The summed E-state index contributed by atoms with van der Waals surface area (Å²) in [5.41, 5.74) is 5.76. The van der Waals surface area contributed by atoms with Gasteiger partial charge in [-0.1, -0.05) is 12.0 Å². The smallest absolute Gasteiger partial charge is 0.407 e. The molecule has 0 radical (unpaired) electrons. The fraction of sp³-hybridized carbons (Fsp3) is 0.489. The van der Waals surface area contributed by atoms with E-state index in [1.807, 2.05) is 58.5 Å². The van der Waals surface area contributed by atoms with Gasteiger partial charge in [0.05, 0.1) is 60.4 Å². The number of amides is 3. The van der Waals surface area contributed by atoms with Gasteiger partial charge in [-0.15, -0.1) is 0 Å². The van der Waals surface area contributed by atoms with Gasteiger partial charge in [0.1, 0.15) is 23.4 Å². The van der Waals surface area contributed by atoms with E-state index in [1.165, 1.54) is 7.11 Å². The molecule has 0 spiro atoms. The number of ether oxygens (including phenoxy) is 4. The summed E-state index contributed by atoms with van der Waals surface area (Å²) in [5.74, 6) is 8.15. The Kier molecular flexibility index (Phi) is 13.0. The molecule has 0 saturated carbocycles. The molecule has 2 aromatic carbocycles. The van der Waals surface area contributed by atoms with Crippen LogP contribution in [0.15, 0.2) is 54.7 Å². The molecule has 4 N–H and O–H groups in total. The molecule has 7 heterocycles. The number of methoxy groups -OCH3 is 2. The average molecular weight is 858 g/mol. The number of alkyl carbamates (subject to hydrolysis) is 1. The maximum atomic E-state index is 14.0. The van der Waals surface area contributed by atoms with Crippen LogP contribution in [0.25, 0.3) is 33.2 Å². The minimum Gasteiger partial charge on any atom is -0.453 e. The number of hydrogen-bond acceptors (Lipinski definition) is 11. The van der Waals surface area contributed by atoms with Gasteiger partial charge in [-0.3, -0.25) is 14.9 Å². The minimum atomic E-state index is -0.693. The van der Waals surface area contributed by atoms with Gasteiger partial charge < -0.3 is 44.0 Å². The zero-order chi connectivity index (χ0) is 43.3. The van der Waals surface area contributed by atoms with E-state index in [9.17, 15) is 14.4 Å². The summed E-state index contributed by atoms with van der Waals surface area (Å²) < 4.78 is 21.3. The molecule has 4 atom stereocenters. The number of carbonyl (C=O) groups is 3. The Hall–Kier alpha value is -5.86. The largest absolute Gasteiger partial charge is 0.453 e. The van der Waals surface area contributed by atoms with E-state index in [4.69, 9.17) is 33.9 Å². The number of carbonyl (C=O) groups excluding carboxylic acids is 3. The lowest BCUT2D eigenvalue weighted by molar-refractivity contribution is -0.138. The quantitative estimate of drug-likeness (QED) is 0.0988. The minimum absolute atomic E-state index is 0.0339. The highest BCUT2D eigenvalue weighted by molar-refractivity contribution is 5.87. The third-order valence-electron chi connectivity index (χ3n) is 13.0. The van der Waals surface area contributed by atoms with Crippen LogP contribution < -0.4 is 10.6 Å². The Morgan fingerprint density at radius 2 is 1.46 bits per heavy atom. The third-order valence-corrected chi connectivity index (χ3v) is 13.0. The maximum absolute atomic E-state index is 14.0. The number of benzene rings is 2. The highest BCUT2D eigenvalue weighted by Crippen LogP contribution is 2.36. The Bertz CT molecular complexity index is 2500. The summed E-state index contributed by atoms with van der Waals surface area (Å²) in [7, 11) is 2.94. The van der Waals surface area contributed by atoms with Gasteiger partial charge in [0.2, 0.25) is 11.8 Å². The van der Waals surface area contributed by atoms with E-state index in [1.54, 1.807) is 7.11 Å². The fourth-order valence-electron chi connectivity index (χ4n) is 9.70. The molecule has 3 aromatic heterocycles. The molecule has 4 fully saturated rings. The van der Waals surface area contributed by atoms with Crippen LogP contribution in [0.1, 0.15) is 86.4 Å². The zero-order valence-electron chi connectivity index (χ0n) is 35.9. The Labute approximate surface area is 366 Å². The first-order chi connectivity index (χ1) is 30.9. The lowest BCUT2D eigenvalue weighted by atomic mass is 9.90. The van der Waals surface area contributed by atoms with Crippen molar-refractivity contribution in [3.63, 3.8) is 0 Å². The maximum Gasteiger partial charge on any atom is 0.407 e. The van der Waals surface area contributed by atoms with Gasteiger partial charge in [0.25, 0.3) is 0 Å². The highest BCUT2D eigenvalue weighted by Gasteiger charge is 2.41. The lowest BCUT2D eigenvalue weighted by Gasteiger charge is -2.34. The predicted molar refractivity (Wildman–Crippen MR) is 234 cm³/mol. The van der Waals surface area contributed by atoms with Crippen molar-refractivity contribution in [1.29, 1.82) is 0 Å². The van der Waals surface area contributed by atoms with Crippen LogP contribution in [-0.4, -0.2) is 125 Å². The van der Waals surface area contributed by atoms with E-state index in [2.05, 4.69) is 38.5 Å². The molecule has 4 saturated heterocycles. The number of aromatic amines is 2. The van der Waals surface area contributed by atoms with Crippen LogP contribution in [0.4, 0.5) is 4.79 Å². The van der Waals surface area contributed by atoms with Crippen molar-refractivity contribution in [3.05, 3.63) is 77.6 Å². The number of likely N-dealkylation sites (tertiary alicyclic amines) is 2. The van der Waals surface area contributed by atoms with Crippen molar-refractivity contribution < 1.29 is 33.3 Å². The van der Waals surface area contributed by atoms with Crippen LogP contribution in [0.5, 0.6) is 0 Å². The molecule has 9 rings (SSSR count).